The quantitative estimate of drug-likeness (QED) is 0.133. The van der Waals surface area contributed by atoms with Crippen LogP contribution in [0.1, 0.15) is 5.56 Å². The van der Waals surface area contributed by atoms with Gasteiger partial charge >= 0.3 is 0 Å². The fourth-order valence-electron chi connectivity index (χ4n) is 7.43. The van der Waals surface area contributed by atoms with E-state index in [0.29, 0.717) is 11.1 Å². The number of fused-ring (bicyclic) bond motifs is 5. The van der Waals surface area contributed by atoms with Gasteiger partial charge in [-0.05, 0) is 103 Å². The molecule has 9 rings (SSSR count). The van der Waals surface area contributed by atoms with Crippen molar-refractivity contribution < 1.29 is 19.7 Å². The smallest absolute Gasteiger partial charge is 0.200 e. The highest BCUT2D eigenvalue weighted by Gasteiger charge is 2.22. The highest BCUT2D eigenvalue weighted by Crippen LogP contribution is 2.50. The SMILES string of the molecule is Cc1c(-c2c3ccccc3c(-c3ccc4oc5cc(-c6ccccc6)cc(-c6ccccc6)c5c4c3)c3ccccc23)cc(O)c(O)c1O. The van der Waals surface area contributed by atoms with Gasteiger partial charge < -0.3 is 19.7 Å². The molecule has 0 amide bonds. The number of hydrogen-bond donors (Lipinski definition) is 3. The molecule has 0 atom stereocenters. The molecule has 49 heavy (non-hydrogen) atoms. The Bertz CT molecular complexity index is 2680. The Kier molecular flexibility index (Phi) is 6.46. The second-order valence-corrected chi connectivity index (χ2v) is 12.5. The number of furan rings is 1. The molecule has 1 aromatic heterocycles. The number of phenolic OH excluding ortho intramolecular Hbond substituents is 3. The van der Waals surface area contributed by atoms with Gasteiger partial charge in [-0.25, -0.2) is 0 Å². The summed E-state index contributed by atoms with van der Waals surface area (Å²) in [6.45, 7) is 1.76. The van der Waals surface area contributed by atoms with E-state index in [2.05, 4.69) is 103 Å². The van der Waals surface area contributed by atoms with Crippen molar-refractivity contribution in [2.24, 2.45) is 0 Å². The summed E-state index contributed by atoms with van der Waals surface area (Å²) in [4.78, 5) is 0. The molecule has 0 saturated carbocycles. The standard InChI is InChI=1S/C45H30O4/c1-26-35(25-38(46)45(48)44(26)47)42-33-18-10-8-16-31(33)41(32-17-9-11-19-34(32)42)29-20-21-39-37(22-29)43-36(28-14-6-3-7-15-28)23-30(24-40(43)49-39)27-12-4-2-5-13-27/h2-25,46-48H,1H3. The van der Waals surface area contributed by atoms with Gasteiger partial charge in [0.05, 0.1) is 0 Å². The molecule has 0 aliphatic rings. The summed E-state index contributed by atoms with van der Waals surface area (Å²) in [5, 5.41) is 37.7. The van der Waals surface area contributed by atoms with E-state index in [1.165, 1.54) is 6.07 Å². The summed E-state index contributed by atoms with van der Waals surface area (Å²) in [6, 6.07) is 49.7. The zero-order valence-electron chi connectivity index (χ0n) is 26.6. The lowest BCUT2D eigenvalue weighted by Gasteiger charge is -2.19. The van der Waals surface area contributed by atoms with Gasteiger partial charge in [-0.3, -0.25) is 0 Å². The summed E-state index contributed by atoms with van der Waals surface area (Å²) in [7, 11) is 0. The number of benzene rings is 8. The fourth-order valence-corrected chi connectivity index (χ4v) is 7.43. The van der Waals surface area contributed by atoms with E-state index in [1.807, 2.05) is 36.4 Å². The van der Waals surface area contributed by atoms with Crippen LogP contribution in [0.3, 0.4) is 0 Å². The van der Waals surface area contributed by atoms with E-state index >= 15 is 0 Å². The van der Waals surface area contributed by atoms with E-state index in [9.17, 15) is 15.3 Å². The molecule has 0 fully saturated rings. The van der Waals surface area contributed by atoms with Crippen LogP contribution in [0.5, 0.6) is 17.2 Å². The Morgan fingerprint density at radius 3 is 1.61 bits per heavy atom. The molecule has 9 aromatic rings. The lowest BCUT2D eigenvalue weighted by Crippen LogP contribution is -1.93. The fraction of sp³-hybridized carbons (Fsp3) is 0.0222. The van der Waals surface area contributed by atoms with Gasteiger partial charge in [-0.1, -0.05) is 115 Å². The molecule has 1 heterocycles. The second kappa shape index (κ2) is 11.0. The maximum Gasteiger partial charge on any atom is 0.200 e. The molecule has 234 valence electrons. The van der Waals surface area contributed by atoms with Crippen molar-refractivity contribution in [1.29, 1.82) is 0 Å². The van der Waals surface area contributed by atoms with Gasteiger partial charge in [0.2, 0.25) is 5.75 Å². The molecule has 0 aliphatic heterocycles. The minimum absolute atomic E-state index is 0.325. The number of aromatic hydroxyl groups is 3. The van der Waals surface area contributed by atoms with Crippen LogP contribution < -0.4 is 0 Å². The minimum atomic E-state index is -0.516. The molecule has 0 saturated heterocycles. The first kappa shape index (κ1) is 28.7. The summed E-state index contributed by atoms with van der Waals surface area (Å²) < 4.78 is 6.60. The van der Waals surface area contributed by atoms with Gasteiger partial charge in [-0.15, -0.1) is 0 Å². The number of rotatable bonds is 4. The largest absolute Gasteiger partial charge is 0.504 e. The first-order chi connectivity index (χ1) is 24.0. The molecule has 0 aliphatic carbocycles. The van der Waals surface area contributed by atoms with E-state index in [-0.39, 0.29) is 11.5 Å². The second-order valence-electron chi connectivity index (χ2n) is 12.5. The van der Waals surface area contributed by atoms with E-state index in [1.54, 1.807) is 6.92 Å². The zero-order valence-corrected chi connectivity index (χ0v) is 26.6. The van der Waals surface area contributed by atoms with Crippen LogP contribution in [0.15, 0.2) is 150 Å². The molecule has 0 bridgehead atoms. The Hall–Kier alpha value is -6.52. The molecule has 0 spiro atoms. The Balaban J connectivity index is 1.35. The highest BCUT2D eigenvalue weighted by molar-refractivity contribution is 6.23. The summed E-state index contributed by atoms with van der Waals surface area (Å²) >= 11 is 0. The molecule has 8 aromatic carbocycles. The predicted molar refractivity (Wildman–Crippen MR) is 200 cm³/mol. The van der Waals surface area contributed by atoms with E-state index in [4.69, 9.17) is 4.42 Å². The Morgan fingerprint density at radius 1 is 0.408 bits per heavy atom. The normalized spacial score (nSPS) is 11.6. The van der Waals surface area contributed by atoms with Crippen molar-refractivity contribution in [3.05, 3.63) is 151 Å². The van der Waals surface area contributed by atoms with Crippen LogP contribution in [-0.2, 0) is 0 Å². The summed E-state index contributed by atoms with van der Waals surface area (Å²) in [5.74, 6) is -1.20. The van der Waals surface area contributed by atoms with Crippen molar-refractivity contribution in [1.82, 2.24) is 0 Å². The summed E-state index contributed by atoms with van der Waals surface area (Å²) in [6.07, 6.45) is 0. The molecular weight excluding hydrogens is 604 g/mol. The monoisotopic (exact) mass is 634 g/mol. The van der Waals surface area contributed by atoms with Gasteiger partial charge in [-0.2, -0.15) is 0 Å². The number of phenols is 3. The number of hydrogen-bond acceptors (Lipinski definition) is 4. The average Bonchev–Trinajstić information content (AvgIpc) is 3.53. The average molecular weight is 635 g/mol. The summed E-state index contributed by atoms with van der Waals surface area (Å²) in [5.41, 5.74) is 10.3. The highest BCUT2D eigenvalue weighted by atomic mass is 16.3. The third kappa shape index (κ3) is 4.45. The van der Waals surface area contributed by atoms with Gasteiger partial charge in [0, 0.05) is 16.3 Å². The lowest BCUT2D eigenvalue weighted by atomic mass is 9.84. The van der Waals surface area contributed by atoms with Crippen LogP contribution in [0.4, 0.5) is 0 Å². The first-order valence-electron chi connectivity index (χ1n) is 16.3. The van der Waals surface area contributed by atoms with Crippen molar-refractivity contribution in [2.45, 2.75) is 6.92 Å². The third-order valence-electron chi connectivity index (χ3n) is 9.76. The molecule has 0 unspecified atom stereocenters. The topological polar surface area (TPSA) is 73.8 Å². The molecule has 4 heteroatoms. The van der Waals surface area contributed by atoms with Crippen molar-refractivity contribution in [3.8, 4) is 61.8 Å². The van der Waals surface area contributed by atoms with Crippen LogP contribution in [0, 0.1) is 6.92 Å². The Morgan fingerprint density at radius 2 is 0.980 bits per heavy atom. The van der Waals surface area contributed by atoms with Crippen LogP contribution in [0.25, 0.3) is 88.0 Å². The van der Waals surface area contributed by atoms with Gasteiger partial charge in [0.15, 0.2) is 11.5 Å². The predicted octanol–water partition coefficient (Wildman–Crippen LogP) is 12.0. The van der Waals surface area contributed by atoms with Crippen LogP contribution in [-0.4, -0.2) is 15.3 Å². The lowest BCUT2D eigenvalue weighted by molar-refractivity contribution is 0.366. The van der Waals surface area contributed by atoms with Crippen molar-refractivity contribution in [3.63, 3.8) is 0 Å². The van der Waals surface area contributed by atoms with Gasteiger partial charge in [0.25, 0.3) is 0 Å². The molecule has 4 nitrogen and oxygen atoms in total. The first-order valence-corrected chi connectivity index (χ1v) is 16.3. The third-order valence-corrected chi connectivity index (χ3v) is 9.76. The molecular formula is C45H30O4. The van der Waals surface area contributed by atoms with Crippen LogP contribution >= 0.6 is 0 Å². The maximum atomic E-state index is 10.7. The van der Waals surface area contributed by atoms with Crippen molar-refractivity contribution in [2.75, 3.05) is 0 Å². The van der Waals surface area contributed by atoms with E-state index < -0.39 is 5.75 Å². The molecule has 0 radical (unpaired) electrons. The van der Waals surface area contributed by atoms with Gasteiger partial charge in [0.1, 0.15) is 11.2 Å². The molecule has 3 N–H and O–H groups in total. The van der Waals surface area contributed by atoms with Crippen molar-refractivity contribution >= 4 is 43.5 Å². The van der Waals surface area contributed by atoms with Crippen LogP contribution in [0.2, 0.25) is 0 Å². The Labute approximate surface area is 282 Å². The zero-order chi connectivity index (χ0) is 33.2. The maximum absolute atomic E-state index is 10.7. The minimum Gasteiger partial charge on any atom is -0.504 e. The van der Waals surface area contributed by atoms with E-state index in [0.717, 1.165) is 82.4 Å².